The van der Waals surface area contributed by atoms with E-state index in [-0.39, 0.29) is 17.4 Å². The molecule has 10 aliphatic carbocycles. The summed E-state index contributed by atoms with van der Waals surface area (Å²) >= 11 is 0. The highest BCUT2D eigenvalue weighted by molar-refractivity contribution is 5.66. The Labute approximate surface area is 344 Å². The zero-order valence-corrected chi connectivity index (χ0v) is 33.5. The van der Waals surface area contributed by atoms with Gasteiger partial charge in [0.2, 0.25) is 0 Å². The van der Waals surface area contributed by atoms with Crippen molar-refractivity contribution in [1.29, 1.82) is 5.26 Å². The van der Waals surface area contributed by atoms with Crippen molar-refractivity contribution in [3.05, 3.63) is 201 Å². The van der Waals surface area contributed by atoms with E-state index in [9.17, 15) is 5.26 Å². The maximum absolute atomic E-state index is 9.60. The molecule has 288 valence electrons. The van der Waals surface area contributed by atoms with E-state index in [0.717, 1.165) is 37.0 Å². The molecule has 0 bridgehead atoms. The van der Waals surface area contributed by atoms with E-state index in [1.807, 2.05) is 11.6 Å². The Bertz CT molecular complexity index is 2470. The van der Waals surface area contributed by atoms with Gasteiger partial charge in [-0.2, -0.15) is 5.26 Å². The van der Waals surface area contributed by atoms with Crippen LogP contribution >= 0.6 is 0 Å². The first kappa shape index (κ1) is 34.9. The molecule has 1 fully saturated rings. The number of hydrogen-bond donors (Lipinski definition) is 0. The Morgan fingerprint density at radius 2 is 1.67 bits per heavy atom. The Hall–Kier alpha value is -5.13. The minimum absolute atomic E-state index is 0.00620. The van der Waals surface area contributed by atoms with Crippen molar-refractivity contribution in [2.24, 2.45) is 47.3 Å². The molecule has 1 saturated carbocycles. The van der Waals surface area contributed by atoms with Crippen LogP contribution in [0.4, 0.5) is 0 Å². The van der Waals surface area contributed by atoms with Gasteiger partial charge in [-0.1, -0.05) is 145 Å². The van der Waals surface area contributed by atoms with Crippen LogP contribution in [0.3, 0.4) is 0 Å². The predicted molar refractivity (Wildman–Crippen MR) is 234 cm³/mol. The van der Waals surface area contributed by atoms with Gasteiger partial charge >= 0.3 is 0 Å². The van der Waals surface area contributed by atoms with Gasteiger partial charge in [0.25, 0.3) is 0 Å². The average Bonchev–Trinajstić information content (AvgIpc) is 3.58. The molecule has 1 heterocycles. The van der Waals surface area contributed by atoms with E-state index in [2.05, 4.69) is 140 Å². The maximum atomic E-state index is 9.60. The topological polar surface area (TPSA) is 33.0 Å². The fourth-order valence-corrected chi connectivity index (χ4v) is 14.1. The standard InChI is InChI=1S/C56H53NO/c57-34-35-21-23-37(24-22-35)39-27-29-52-50(32-39)56(48-19-9-7-13-42(48)43-14-8-10-20-49(43)56)51-33-41(28-30-53(51)58-52)55-46-17-5-3-15-44(46)54(45-16-4-6-18-47(45)55)40-26-25-36-11-1-2-12-38(36)31-40/h2-3,5,7-10,12-15,17,19-23,25,27-28,30-32,37,40-42,44,46-48,52,55H,1,4,6,11,16,18,24,26,29,33H2. The smallest absolute Gasteiger partial charge is 0.125 e. The van der Waals surface area contributed by atoms with Gasteiger partial charge in [0.15, 0.2) is 0 Å². The number of nitriles is 1. The number of nitrogens with zero attached hydrogens (tertiary/aromatic N) is 1. The molecule has 58 heavy (non-hydrogen) atoms. The summed E-state index contributed by atoms with van der Waals surface area (Å²) in [6, 6.07) is 11.8. The van der Waals surface area contributed by atoms with Gasteiger partial charge in [0, 0.05) is 41.6 Å². The van der Waals surface area contributed by atoms with Gasteiger partial charge in [-0.3, -0.25) is 0 Å². The second kappa shape index (κ2) is 13.7. The van der Waals surface area contributed by atoms with Gasteiger partial charge in [-0.25, -0.2) is 0 Å². The van der Waals surface area contributed by atoms with E-state index in [0.29, 0.717) is 47.3 Å². The predicted octanol–water partition coefficient (Wildman–Crippen LogP) is 13.0. The minimum atomic E-state index is -0.270. The second-order valence-electron chi connectivity index (χ2n) is 18.8. The monoisotopic (exact) mass is 755 g/mol. The molecular formula is C56H53NO. The van der Waals surface area contributed by atoms with Crippen molar-refractivity contribution < 1.29 is 4.74 Å². The molecule has 1 spiro atoms. The summed E-state index contributed by atoms with van der Waals surface area (Å²) in [6.07, 6.45) is 57.7. The van der Waals surface area contributed by atoms with Crippen LogP contribution in [-0.4, -0.2) is 6.10 Å². The van der Waals surface area contributed by atoms with E-state index in [1.54, 1.807) is 11.1 Å². The molecule has 0 radical (unpaired) electrons. The molecular weight excluding hydrogens is 703 g/mol. The number of rotatable bonds is 3. The molecule has 0 N–H and O–H groups in total. The molecule has 12 rings (SSSR count). The molecule has 1 aromatic rings. The summed E-state index contributed by atoms with van der Waals surface area (Å²) in [5.41, 5.74) is 14.5. The van der Waals surface area contributed by atoms with Crippen molar-refractivity contribution in [3.63, 3.8) is 0 Å². The van der Waals surface area contributed by atoms with E-state index in [4.69, 9.17) is 4.74 Å². The molecule has 11 aliphatic rings. The van der Waals surface area contributed by atoms with Crippen LogP contribution in [0.25, 0.3) is 0 Å². The highest BCUT2D eigenvalue weighted by Crippen LogP contribution is 2.66. The number of fused-ring (bicyclic) bond motifs is 11. The van der Waals surface area contributed by atoms with Crippen LogP contribution in [0.2, 0.25) is 0 Å². The maximum Gasteiger partial charge on any atom is 0.125 e. The summed E-state index contributed by atoms with van der Waals surface area (Å²) in [7, 11) is 0. The van der Waals surface area contributed by atoms with Crippen molar-refractivity contribution in [3.8, 4) is 6.07 Å². The zero-order chi connectivity index (χ0) is 38.4. The first-order valence-corrected chi connectivity index (χ1v) is 22.6. The number of benzene rings is 1. The highest BCUT2D eigenvalue weighted by Gasteiger charge is 2.61. The first-order chi connectivity index (χ1) is 28.7. The van der Waals surface area contributed by atoms with Crippen LogP contribution in [0.15, 0.2) is 190 Å². The van der Waals surface area contributed by atoms with E-state index in [1.165, 1.54) is 71.9 Å². The van der Waals surface area contributed by atoms with Crippen molar-refractivity contribution in [1.82, 2.24) is 0 Å². The third kappa shape index (κ3) is 5.14. The molecule has 2 nitrogen and oxygen atoms in total. The number of hydrogen-bond acceptors (Lipinski definition) is 2. The van der Waals surface area contributed by atoms with Crippen molar-refractivity contribution in [2.75, 3.05) is 0 Å². The summed E-state index contributed by atoms with van der Waals surface area (Å²) in [6.45, 7) is 0. The quantitative estimate of drug-likeness (QED) is 0.288. The largest absolute Gasteiger partial charge is 0.486 e. The molecule has 2 heteroatoms. The third-order valence-corrected chi connectivity index (χ3v) is 16.3. The van der Waals surface area contributed by atoms with Crippen LogP contribution < -0.4 is 0 Å². The average molecular weight is 756 g/mol. The Kier molecular flexibility index (Phi) is 8.26. The highest BCUT2D eigenvalue weighted by atomic mass is 16.5. The molecule has 0 saturated heterocycles. The third-order valence-electron chi connectivity index (χ3n) is 16.3. The van der Waals surface area contributed by atoms with Gasteiger partial charge in [0.05, 0.1) is 11.5 Å². The molecule has 11 unspecified atom stereocenters. The molecule has 0 aromatic heterocycles. The summed E-state index contributed by atoms with van der Waals surface area (Å²) in [5, 5.41) is 9.60. The van der Waals surface area contributed by atoms with Crippen LogP contribution in [-0.2, 0) is 10.2 Å². The summed E-state index contributed by atoms with van der Waals surface area (Å²) in [5.74, 6) is 5.12. The lowest BCUT2D eigenvalue weighted by Gasteiger charge is -2.54. The molecule has 1 aromatic carbocycles. The molecule has 11 atom stereocenters. The number of allylic oxidation sites excluding steroid dienone is 25. The van der Waals surface area contributed by atoms with E-state index >= 15 is 0 Å². The first-order valence-electron chi connectivity index (χ1n) is 22.6. The fraction of sp³-hybridized carbons (Fsp3) is 0.375. The minimum Gasteiger partial charge on any atom is -0.486 e. The van der Waals surface area contributed by atoms with Crippen LogP contribution in [0.5, 0.6) is 0 Å². The Morgan fingerprint density at radius 1 is 0.793 bits per heavy atom. The van der Waals surface area contributed by atoms with Crippen LogP contribution in [0, 0.1) is 58.7 Å². The molecule has 0 amide bonds. The fourth-order valence-electron chi connectivity index (χ4n) is 14.1. The van der Waals surface area contributed by atoms with Crippen molar-refractivity contribution in [2.45, 2.75) is 81.6 Å². The van der Waals surface area contributed by atoms with E-state index < -0.39 is 0 Å². The lowest BCUT2D eigenvalue weighted by Crippen LogP contribution is -2.48. The SMILES string of the molecule is N#CC1=CCC(C2=CCC3OC4=C(CC(C5C6CCCCC6=C(C6C=C7C=CCCC7=CC6)C6C=CC=CC65)C=C4)C4(C3=C2)c2ccccc2C2C=CC=CC24)C=C1. The Balaban J connectivity index is 0.978. The Morgan fingerprint density at radius 3 is 2.59 bits per heavy atom. The van der Waals surface area contributed by atoms with Gasteiger partial charge in [-0.05, 0) is 126 Å². The summed E-state index contributed by atoms with van der Waals surface area (Å²) in [4.78, 5) is 0. The van der Waals surface area contributed by atoms with Crippen molar-refractivity contribution >= 4 is 0 Å². The lowest BCUT2D eigenvalue weighted by atomic mass is 9.51. The number of ether oxygens (including phenoxy) is 1. The molecule has 1 aliphatic heterocycles. The van der Waals surface area contributed by atoms with Gasteiger partial charge < -0.3 is 4.74 Å². The lowest BCUT2D eigenvalue weighted by molar-refractivity contribution is 0.0979. The van der Waals surface area contributed by atoms with Crippen LogP contribution in [0.1, 0.15) is 81.3 Å². The second-order valence-corrected chi connectivity index (χ2v) is 18.8. The normalized spacial score (nSPS) is 38.4. The zero-order valence-electron chi connectivity index (χ0n) is 33.5. The summed E-state index contributed by atoms with van der Waals surface area (Å²) < 4.78 is 7.25. The van der Waals surface area contributed by atoms with Gasteiger partial charge in [0.1, 0.15) is 11.9 Å². The van der Waals surface area contributed by atoms with Gasteiger partial charge in [-0.15, -0.1) is 0 Å².